The van der Waals surface area contributed by atoms with Crippen molar-refractivity contribution in [1.82, 2.24) is 15.1 Å². The number of amides is 1. The minimum Gasteiger partial charge on any atom is -0.354 e. The zero-order valence-electron chi connectivity index (χ0n) is 13.6. The smallest absolute Gasteiger partial charge is 0.221 e. The van der Waals surface area contributed by atoms with Crippen molar-refractivity contribution in [2.45, 2.75) is 58.2 Å². The number of nitrogens with two attached hydrogens (primary N) is 1. The van der Waals surface area contributed by atoms with Gasteiger partial charge >= 0.3 is 0 Å². The number of likely N-dealkylation sites (N-methyl/N-ethyl adjacent to an activating group) is 1. The molecule has 3 N–H and O–H groups in total. The maximum atomic E-state index is 12.0. The van der Waals surface area contributed by atoms with Crippen LogP contribution in [0.5, 0.6) is 0 Å². The fraction of sp³-hybridized carbons (Fsp3) is 0.933. The van der Waals surface area contributed by atoms with Gasteiger partial charge in [0.05, 0.1) is 0 Å². The van der Waals surface area contributed by atoms with Gasteiger partial charge in [0.1, 0.15) is 0 Å². The molecule has 1 heterocycles. The Labute approximate surface area is 123 Å². The van der Waals surface area contributed by atoms with E-state index in [4.69, 9.17) is 5.73 Å². The first-order valence-corrected chi connectivity index (χ1v) is 7.91. The van der Waals surface area contributed by atoms with Crippen molar-refractivity contribution in [3.63, 3.8) is 0 Å². The first-order chi connectivity index (χ1) is 9.47. The first-order valence-electron chi connectivity index (χ1n) is 7.91. The second-order valence-electron chi connectivity index (χ2n) is 6.23. The van der Waals surface area contributed by atoms with E-state index in [9.17, 15) is 4.79 Å². The van der Waals surface area contributed by atoms with Crippen LogP contribution in [-0.4, -0.2) is 67.1 Å². The highest BCUT2D eigenvalue weighted by molar-refractivity contribution is 5.76. The third-order valence-corrected chi connectivity index (χ3v) is 4.03. The molecule has 1 aliphatic heterocycles. The van der Waals surface area contributed by atoms with Crippen LogP contribution in [0.15, 0.2) is 0 Å². The molecule has 1 rings (SSSR count). The molecule has 5 heteroatoms. The average Bonchev–Trinajstić information content (AvgIpc) is 2.56. The maximum Gasteiger partial charge on any atom is 0.221 e. The van der Waals surface area contributed by atoms with Gasteiger partial charge in [0, 0.05) is 44.2 Å². The van der Waals surface area contributed by atoms with Crippen molar-refractivity contribution < 1.29 is 4.79 Å². The van der Waals surface area contributed by atoms with E-state index in [-0.39, 0.29) is 18.0 Å². The lowest BCUT2D eigenvalue weighted by atomic mass is 10.1. The maximum absolute atomic E-state index is 12.0. The van der Waals surface area contributed by atoms with Crippen LogP contribution in [0.4, 0.5) is 0 Å². The molecule has 0 bridgehead atoms. The second kappa shape index (κ2) is 8.60. The van der Waals surface area contributed by atoms with E-state index in [2.05, 4.69) is 29.1 Å². The van der Waals surface area contributed by atoms with Crippen LogP contribution in [0.25, 0.3) is 0 Å². The highest BCUT2D eigenvalue weighted by atomic mass is 16.1. The van der Waals surface area contributed by atoms with E-state index in [0.717, 1.165) is 32.5 Å². The lowest BCUT2D eigenvalue weighted by Gasteiger charge is -2.36. The molecular weight excluding hydrogens is 252 g/mol. The molecule has 2 unspecified atom stereocenters. The molecule has 20 heavy (non-hydrogen) atoms. The van der Waals surface area contributed by atoms with E-state index < -0.39 is 0 Å². The summed E-state index contributed by atoms with van der Waals surface area (Å²) >= 11 is 0. The summed E-state index contributed by atoms with van der Waals surface area (Å²) in [5.41, 5.74) is 5.95. The highest BCUT2D eigenvalue weighted by Crippen LogP contribution is 2.17. The first kappa shape index (κ1) is 17.4. The number of hydrogen-bond donors (Lipinski definition) is 2. The predicted molar refractivity (Wildman–Crippen MR) is 83.6 cm³/mol. The summed E-state index contributed by atoms with van der Waals surface area (Å²) < 4.78 is 0. The van der Waals surface area contributed by atoms with Crippen molar-refractivity contribution in [3.8, 4) is 0 Å². The molecule has 118 valence electrons. The average molecular weight is 284 g/mol. The summed E-state index contributed by atoms with van der Waals surface area (Å²) in [6, 6.07) is 0.853. The minimum absolute atomic E-state index is 0.114. The predicted octanol–water partition coefficient (Wildman–Crippen LogP) is 0.645. The lowest BCUT2D eigenvalue weighted by molar-refractivity contribution is -0.123. The molecule has 5 nitrogen and oxygen atoms in total. The van der Waals surface area contributed by atoms with Gasteiger partial charge in [-0.05, 0) is 40.3 Å². The molecule has 0 saturated carbocycles. The topological polar surface area (TPSA) is 61.6 Å². The van der Waals surface area contributed by atoms with Crippen molar-refractivity contribution in [2.24, 2.45) is 5.73 Å². The molecular formula is C15H32N4O. The number of carbonyl (C=O) groups is 1. The Morgan fingerprint density at radius 1 is 1.40 bits per heavy atom. The van der Waals surface area contributed by atoms with Crippen LogP contribution in [0.2, 0.25) is 0 Å². The standard InChI is InChI=1S/C15H32N4O/c1-5-13-11-18(4)7-6-8-19(13)14(10-16)9-15(20)17-12(2)3/h12-14H,5-11,16H2,1-4H3,(H,17,20). The number of carbonyl (C=O) groups excluding carboxylic acids is 1. The summed E-state index contributed by atoms with van der Waals surface area (Å²) in [5, 5.41) is 2.97. The Kier molecular flexibility index (Phi) is 7.48. The summed E-state index contributed by atoms with van der Waals surface area (Å²) in [7, 11) is 2.18. The molecule has 0 radical (unpaired) electrons. The van der Waals surface area contributed by atoms with Gasteiger partial charge in [0.2, 0.25) is 5.91 Å². The molecule has 0 aliphatic carbocycles. The van der Waals surface area contributed by atoms with E-state index in [1.165, 1.54) is 0 Å². The fourth-order valence-electron chi connectivity index (χ4n) is 3.04. The lowest BCUT2D eigenvalue weighted by Crippen LogP contribution is -2.51. The number of nitrogens with one attached hydrogen (secondary N) is 1. The van der Waals surface area contributed by atoms with Crippen LogP contribution >= 0.6 is 0 Å². The third kappa shape index (κ3) is 5.38. The zero-order chi connectivity index (χ0) is 15.1. The van der Waals surface area contributed by atoms with Gasteiger partial charge in [-0.1, -0.05) is 6.92 Å². The zero-order valence-corrected chi connectivity index (χ0v) is 13.6. The molecule has 0 aromatic heterocycles. The van der Waals surface area contributed by atoms with E-state index in [1.54, 1.807) is 0 Å². The third-order valence-electron chi connectivity index (χ3n) is 4.03. The molecule has 2 atom stereocenters. The van der Waals surface area contributed by atoms with Crippen LogP contribution in [0.3, 0.4) is 0 Å². The van der Waals surface area contributed by atoms with Gasteiger partial charge in [0.25, 0.3) is 0 Å². The Balaban J connectivity index is 2.67. The quantitative estimate of drug-likeness (QED) is 0.751. The van der Waals surface area contributed by atoms with E-state index in [1.807, 2.05) is 13.8 Å². The van der Waals surface area contributed by atoms with E-state index >= 15 is 0 Å². The highest BCUT2D eigenvalue weighted by Gasteiger charge is 2.28. The Morgan fingerprint density at radius 3 is 2.65 bits per heavy atom. The van der Waals surface area contributed by atoms with Crippen LogP contribution in [-0.2, 0) is 4.79 Å². The van der Waals surface area contributed by atoms with Gasteiger partial charge in [0.15, 0.2) is 0 Å². The van der Waals surface area contributed by atoms with Gasteiger partial charge in [-0.2, -0.15) is 0 Å². The molecule has 1 saturated heterocycles. The summed E-state index contributed by atoms with van der Waals surface area (Å²) in [6.45, 7) is 9.99. The summed E-state index contributed by atoms with van der Waals surface area (Å²) in [5.74, 6) is 0.114. The number of hydrogen-bond acceptors (Lipinski definition) is 4. The van der Waals surface area contributed by atoms with Crippen molar-refractivity contribution in [1.29, 1.82) is 0 Å². The van der Waals surface area contributed by atoms with E-state index in [0.29, 0.717) is 19.0 Å². The minimum atomic E-state index is 0.114. The van der Waals surface area contributed by atoms with Crippen molar-refractivity contribution in [2.75, 3.05) is 33.2 Å². The van der Waals surface area contributed by atoms with Crippen LogP contribution in [0.1, 0.15) is 40.0 Å². The van der Waals surface area contributed by atoms with Crippen LogP contribution in [0, 0.1) is 0 Å². The molecule has 1 aliphatic rings. The summed E-state index contributed by atoms with van der Waals surface area (Å²) in [4.78, 5) is 16.9. The Bertz CT molecular complexity index is 296. The Hall–Kier alpha value is -0.650. The van der Waals surface area contributed by atoms with Gasteiger partial charge in [-0.25, -0.2) is 0 Å². The molecule has 0 aromatic rings. The van der Waals surface area contributed by atoms with Crippen molar-refractivity contribution >= 4 is 5.91 Å². The molecule has 1 fully saturated rings. The number of rotatable bonds is 6. The molecule has 0 spiro atoms. The number of nitrogens with zero attached hydrogens (tertiary/aromatic N) is 2. The van der Waals surface area contributed by atoms with Crippen LogP contribution < -0.4 is 11.1 Å². The van der Waals surface area contributed by atoms with Gasteiger partial charge < -0.3 is 16.0 Å². The fourth-order valence-corrected chi connectivity index (χ4v) is 3.04. The second-order valence-corrected chi connectivity index (χ2v) is 6.23. The monoisotopic (exact) mass is 284 g/mol. The molecule has 1 amide bonds. The Morgan fingerprint density at radius 2 is 2.10 bits per heavy atom. The van der Waals surface area contributed by atoms with Crippen molar-refractivity contribution in [3.05, 3.63) is 0 Å². The summed E-state index contributed by atoms with van der Waals surface area (Å²) in [6.07, 6.45) is 2.76. The van der Waals surface area contributed by atoms with Gasteiger partial charge in [-0.15, -0.1) is 0 Å². The SMILES string of the molecule is CCC1CN(C)CCCN1C(CN)CC(=O)NC(C)C. The molecule has 0 aromatic carbocycles. The van der Waals surface area contributed by atoms with Gasteiger partial charge in [-0.3, -0.25) is 9.69 Å². The normalized spacial score (nSPS) is 23.6. The largest absolute Gasteiger partial charge is 0.354 e.